The first kappa shape index (κ1) is 28.2. The zero-order chi connectivity index (χ0) is 27.7. The van der Waals surface area contributed by atoms with Gasteiger partial charge < -0.3 is 30.3 Å². The van der Waals surface area contributed by atoms with E-state index >= 15 is 0 Å². The number of rotatable bonds is 12. The van der Waals surface area contributed by atoms with E-state index in [2.05, 4.69) is 47.4 Å². The summed E-state index contributed by atoms with van der Waals surface area (Å²) in [4.78, 5) is 23.4. The maximum atomic E-state index is 12.1. The number of para-hydroxylation sites is 1. The lowest BCUT2D eigenvalue weighted by molar-refractivity contribution is -0.111. The smallest absolute Gasteiger partial charge is 0.247 e. The number of nitrogens with one attached hydrogen (secondary N) is 3. The Morgan fingerprint density at radius 1 is 1.08 bits per heavy atom. The second-order valence-corrected chi connectivity index (χ2v) is 8.95. The monoisotopic (exact) mass is 516 g/mol. The van der Waals surface area contributed by atoms with Gasteiger partial charge in [0.05, 0.1) is 24.2 Å². The van der Waals surface area contributed by atoms with Gasteiger partial charge in [-0.15, -0.1) is 0 Å². The summed E-state index contributed by atoms with van der Waals surface area (Å²) in [6, 6.07) is 13.4. The largest absolute Gasteiger partial charge is 0.494 e. The van der Waals surface area contributed by atoms with Crippen molar-refractivity contribution >= 4 is 34.5 Å². The lowest BCUT2D eigenvalue weighted by Crippen LogP contribution is -2.20. The number of methoxy groups -OCH3 is 1. The molecule has 3 aromatic rings. The van der Waals surface area contributed by atoms with Crippen LogP contribution >= 0.6 is 0 Å². The van der Waals surface area contributed by atoms with E-state index in [1.54, 1.807) is 25.4 Å². The van der Waals surface area contributed by atoms with Gasteiger partial charge in [0.15, 0.2) is 0 Å². The van der Waals surface area contributed by atoms with Crippen LogP contribution in [0.1, 0.15) is 25.1 Å². The van der Waals surface area contributed by atoms with Crippen LogP contribution in [-0.4, -0.2) is 62.2 Å². The van der Waals surface area contributed by atoms with Gasteiger partial charge in [-0.2, -0.15) is 0 Å². The molecule has 1 heterocycles. The van der Waals surface area contributed by atoms with E-state index in [9.17, 15) is 4.79 Å². The van der Waals surface area contributed by atoms with Crippen molar-refractivity contribution in [1.82, 2.24) is 14.9 Å². The Balaban J connectivity index is 2.00. The highest BCUT2D eigenvalue weighted by Crippen LogP contribution is 2.38. The summed E-state index contributed by atoms with van der Waals surface area (Å²) in [6.07, 6.45) is 2.92. The Morgan fingerprint density at radius 2 is 1.84 bits per heavy atom. The van der Waals surface area contributed by atoms with Crippen LogP contribution in [0.25, 0.3) is 5.57 Å². The fraction of sp³-hybridized carbons (Fsp3) is 0.276. The fourth-order valence-corrected chi connectivity index (χ4v) is 3.83. The Bertz CT molecular complexity index is 1320. The molecule has 0 unspecified atom stereocenters. The molecular weight excluding hydrogens is 480 g/mol. The molecule has 0 bridgehead atoms. The molecule has 0 spiro atoms. The third-order valence-corrected chi connectivity index (χ3v) is 5.66. The second-order valence-electron chi connectivity index (χ2n) is 8.95. The van der Waals surface area contributed by atoms with Crippen molar-refractivity contribution in [3.05, 3.63) is 78.1 Å². The summed E-state index contributed by atoms with van der Waals surface area (Å²) < 4.78 is 11.6. The minimum atomic E-state index is -0.353. The molecule has 0 radical (unpaired) electrons. The minimum absolute atomic E-state index is 0.353. The van der Waals surface area contributed by atoms with Crippen molar-refractivity contribution in [2.24, 2.45) is 0 Å². The van der Waals surface area contributed by atoms with Crippen molar-refractivity contribution in [1.29, 1.82) is 0 Å². The van der Waals surface area contributed by atoms with E-state index in [1.807, 2.05) is 50.3 Å². The van der Waals surface area contributed by atoms with Crippen LogP contribution in [0.15, 0.2) is 66.9 Å². The second kappa shape index (κ2) is 13.3. The van der Waals surface area contributed by atoms with E-state index in [4.69, 9.17) is 14.5 Å². The van der Waals surface area contributed by atoms with Crippen LogP contribution in [0.4, 0.5) is 23.0 Å². The molecule has 3 N–H and O–H groups in total. The molecule has 0 aliphatic rings. The van der Waals surface area contributed by atoms with E-state index in [1.165, 1.54) is 6.08 Å². The first-order valence-corrected chi connectivity index (χ1v) is 12.2. The fourth-order valence-electron chi connectivity index (χ4n) is 3.83. The number of amides is 1. The Labute approximate surface area is 224 Å². The highest BCUT2D eigenvalue weighted by atomic mass is 16.5. The van der Waals surface area contributed by atoms with Crippen LogP contribution in [0.5, 0.6) is 11.5 Å². The third kappa shape index (κ3) is 7.10. The number of benzene rings is 2. The molecule has 0 saturated carbocycles. The van der Waals surface area contributed by atoms with Crippen LogP contribution in [0.2, 0.25) is 0 Å². The molecule has 9 heteroatoms. The molecule has 2 aromatic carbocycles. The zero-order valence-electron chi connectivity index (χ0n) is 22.9. The molecule has 0 atom stereocenters. The normalized spacial score (nSPS) is 10.5. The number of hydrogen-bond acceptors (Lipinski definition) is 8. The minimum Gasteiger partial charge on any atom is -0.494 e. The van der Waals surface area contributed by atoms with Crippen molar-refractivity contribution in [2.75, 3.05) is 57.4 Å². The van der Waals surface area contributed by atoms with Crippen molar-refractivity contribution in [2.45, 2.75) is 13.8 Å². The number of ether oxygens (including phenoxy) is 2. The number of aromatic nitrogens is 2. The molecule has 1 amide bonds. The van der Waals surface area contributed by atoms with E-state index in [0.717, 1.165) is 28.1 Å². The number of hydrogen-bond donors (Lipinski definition) is 3. The number of carbonyl (C=O) groups is 1. The van der Waals surface area contributed by atoms with Crippen LogP contribution in [0, 0.1) is 0 Å². The van der Waals surface area contributed by atoms with Gasteiger partial charge in [0.2, 0.25) is 11.9 Å². The van der Waals surface area contributed by atoms with Gasteiger partial charge in [-0.1, -0.05) is 30.4 Å². The van der Waals surface area contributed by atoms with Gasteiger partial charge in [-0.05, 0) is 52.2 Å². The summed E-state index contributed by atoms with van der Waals surface area (Å²) in [6.45, 7) is 8.81. The quantitative estimate of drug-likeness (QED) is 0.283. The average molecular weight is 517 g/mol. The predicted molar refractivity (Wildman–Crippen MR) is 155 cm³/mol. The average Bonchev–Trinajstić information content (AvgIpc) is 2.90. The molecule has 0 aliphatic heterocycles. The summed E-state index contributed by atoms with van der Waals surface area (Å²) in [5, 5.41) is 9.31. The van der Waals surface area contributed by atoms with E-state index in [-0.39, 0.29) is 5.91 Å². The van der Waals surface area contributed by atoms with Crippen molar-refractivity contribution in [3.8, 4) is 11.5 Å². The van der Waals surface area contributed by atoms with Crippen LogP contribution < -0.4 is 25.4 Å². The number of anilines is 4. The molecule has 38 heavy (non-hydrogen) atoms. The van der Waals surface area contributed by atoms with Gasteiger partial charge in [-0.3, -0.25) is 4.79 Å². The third-order valence-electron chi connectivity index (χ3n) is 5.66. The number of carbonyl (C=O) groups excluding carboxylic acids is 1. The number of likely N-dealkylation sites (N-methyl/N-ethyl adjacent to an activating group) is 1. The molecule has 9 nitrogen and oxygen atoms in total. The highest BCUT2D eigenvalue weighted by molar-refractivity contribution is 6.00. The number of nitrogens with zero attached hydrogens (tertiary/aromatic N) is 3. The summed E-state index contributed by atoms with van der Waals surface area (Å²) in [5.74, 6) is 1.02. The van der Waals surface area contributed by atoms with Crippen molar-refractivity contribution < 1.29 is 14.3 Å². The van der Waals surface area contributed by atoms with Gasteiger partial charge in [-0.25, -0.2) is 9.97 Å². The molecule has 3 rings (SSSR count). The summed E-state index contributed by atoms with van der Waals surface area (Å²) in [7, 11) is 7.39. The molecule has 200 valence electrons. The van der Waals surface area contributed by atoms with Crippen LogP contribution in [-0.2, 0) is 4.79 Å². The van der Waals surface area contributed by atoms with Gasteiger partial charge in [0.1, 0.15) is 18.1 Å². The maximum absolute atomic E-state index is 12.1. The van der Waals surface area contributed by atoms with Gasteiger partial charge >= 0.3 is 0 Å². The number of allylic oxidation sites excluding steroid dienone is 1. The maximum Gasteiger partial charge on any atom is 0.247 e. The first-order valence-electron chi connectivity index (χ1n) is 12.2. The standard InChI is InChI=1S/C29H36N6O3/c1-8-27(36)32-24-17-23(25(37-7)18-26(24)38-16-15-35(5)6)34-29-31-14-13-22(33-29)28(19(2)3)20-11-9-10-12-21(20)30-4/h8-14,17-18,30H,1,15-16H2,2-7H3,(H,32,36)(H,31,33,34). The molecular formula is C29H36N6O3. The molecule has 0 fully saturated rings. The lowest BCUT2D eigenvalue weighted by atomic mass is 9.96. The molecule has 0 saturated heterocycles. The van der Waals surface area contributed by atoms with Gasteiger partial charge in [0.25, 0.3) is 0 Å². The first-order chi connectivity index (χ1) is 18.3. The predicted octanol–water partition coefficient (Wildman–Crippen LogP) is 5.18. The van der Waals surface area contributed by atoms with Crippen molar-refractivity contribution in [3.63, 3.8) is 0 Å². The van der Waals surface area contributed by atoms with Gasteiger partial charge in [0, 0.05) is 42.7 Å². The van der Waals surface area contributed by atoms with Crippen LogP contribution in [0.3, 0.4) is 0 Å². The Hall–Kier alpha value is -4.37. The lowest BCUT2D eigenvalue weighted by Gasteiger charge is -2.18. The zero-order valence-corrected chi connectivity index (χ0v) is 22.9. The van der Waals surface area contributed by atoms with E-state index in [0.29, 0.717) is 42.0 Å². The van der Waals surface area contributed by atoms with E-state index < -0.39 is 0 Å². The Morgan fingerprint density at radius 3 is 2.50 bits per heavy atom. The SMILES string of the molecule is C=CC(=O)Nc1cc(Nc2nccc(C(=C(C)C)c3ccccc3NC)n2)c(OC)cc1OCCN(C)C. The molecule has 1 aromatic heterocycles. The topological polar surface area (TPSA) is 101 Å². The Kier molecular flexibility index (Phi) is 9.84. The summed E-state index contributed by atoms with van der Waals surface area (Å²) in [5.41, 5.74) is 5.99. The molecule has 0 aliphatic carbocycles. The highest BCUT2D eigenvalue weighted by Gasteiger charge is 2.17. The summed E-state index contributed by atoms with van der Waals surface area (Å²) >= 11 is 0.